The van der Waals surface area contributed by atoms with E-state index in [1.807, 2.05) is 58.8 Å². The molecule has 0 aromatic heterocycles. The van der Waals surface area contributed by atoms with Gasteiger partial charge in [-0.25, -0.2) is 0 Å². The predicted octanol–water partition coefficient (Wildman–Crippen LogP) is 4.04. The summed E-state index contributed by atoms with van der Waals surface area (Å²) in [4.78, 5) is 13.9. The van der Waals surface area contributed by atoms with Crippen LogP contribution in [0, 0.1) is 0 Å². The SMILES string of the molecule is CN(C)c1ccc(COC(=O)CCCCC2CCSS2)cc1CCO. The predicted molar refractivity (Wildman–Crippen MR) is 108 cm³/mol. The van der Waals surface area contributed by atoms with E-state index in [1.54, 1.807) is 0 Å². The number of rotatable bonds is 10. The average molecular weight is 384 g/mol. The summed E-state index contributed by atoms with van der Waals surface area (Å²) in [5, 5.41) is 10.0. The molecule has 1 aliphatic heterocycles. The number of hydrogen-bond acceptors (Lipinski definition) is 6. The molecule has 6 heteroatoms. The van der Waals surface area contributed by atoms with Crippen LogP contribution in [-0.4, -0.2) is 42.8 Å². The van der Waals surface area contributed by atoms with Crippen LogP contribution >= 0.6 is 21.6 Å². The lowest BCUT2D eigenvalue weighted by atomic mass is 10.1. The fourth-order valence-corrected chi connectivity index (χ4v) is 5.96. The van der Waals surface area contributed by atoms with Crippen LogP contribution in [0.5, 0.6) is 0 Å². The van der Waals surface area contributed by atoms with E-state index in [0.717, 1.165) is 34.9 Å². The number of anilines is 1. The summed E-state index contributed by atoms with van der Waals surface area (Å²) in [6.07, 6.45) is 5.64. The van der Waals surface area contributed by atoms with Gasteiger partial charge in [-0.05, 0) is 42.9 Å². The minimum absolute atomic E-state index is 0.113. The number of carbonyl (C=O) groups excluding carboxylic acids is 1. The Kier molecular flexibility index (Phi) is 8.99. The number of nitrogens with zero attached hydrogens (tertiary/aromatic N) is 1. The summed E-state index contributed by atoms with van der Waals surface area (Å²) in [6.45, 7) is 0.419. The maximum Gasteiger partial charge on any atom is 0.306 e. The fraction of sp³-hybridized carbons (Fsp3) is 0.632. The van der Waals surface area contributed by atoms with E-state index in [2.05, 4.69) is 0 Å². The van der Waals surface area contributed by atoms with E-state index in [0.29, 0.717) is 19.4 Å². The molecule has 0 saturated carbocycles. The van der Waals surface area contributed by atoms with Crippen molar-refractivity contribution in [3.8, 4) is 0 Å². The van der Waals surface area contributed by atoms with Crippen molar-refractivity contribution in [2.45, 2.75) is 50.4 Å². The number of hydrogen-bond donors (Lipinski definition) is 1. The maximum atomic E-state index is 11.9. The number of ether oxygens (including phenoxy) is 1. The number of aliphatic hydroxyl groups is 1. The molecule has 1 aliphatic rings. The molecule has 1 unspecified atom stereocenters. The third-order valence-corrected chi connectivity index (χ3v) is 7.30. The second kappa shape index (κ2) is 11.0. The van der Waals surface area contributed by atoms with Gasteiger partial charge in [0, 0.05) is 43.8 Å². The van der Waals surface area contributed by atoms with Gasteiger partial charge in [-0.15, -0.1) is 0 Å². The van der Waals surface area contributed by atoms with Crippen LogP contribution in [0.1, 0.15) is 43.2 Å². The lowest BCUT2D eigenvalue weighted by Crippen LogP contribution is -2.12. The zero-order chi connectivity index (χ0) is 18.1. The van der Waals surface area contributed by atoms with Crippen LogP contribution in [0.2, 0.25) is 0 Å². The Morgan fingerprint density at radius 3 is 2.88 bits per heavy atom. The summed E-state index contributed by atoms with van der Waals surface area (Å²) < 4.78 is 5.41. The summed E-state index contributed by atoms with van der Waals surface area (Å²) in [5.74, 6) is 1.15. The highest BCUT2D eigenvalue weighted by Crippen LogP contribution is 2.39. The number of esters is 1. The lowest BCUT2D eigenvalue weighted by molar-refractivity contribution is -0.145. The van der Waals surface area contributed by atoms with E-state index in [4.69, 9.17) is 4.74 Å². The maximum absolute atomic E-state index is 11.9. The molecule has 0 radical (unpaired) electrons. The van der Waals surface area contributed by atoms with E-state index < -0.39 is 0 Å². The highest BCUT2D eigenvalue weighted by Gasteiger charge is 2.16. The third-order valence-electron chi connectivity index (χ3n) is 4.29. The van der Waals surface area contributed by atoms with E-state index in [9.17, 15) is 9.90 Å². The Balaban J connectivity index is 1.72. The molecule has 2 rings (SSSR count). The van der Waals surface area contributed by atoms with E-state index in [-0.39, 0.29) is 12.6 Å². The van der Waals surface area contributed by atoms with Crippen LogP contribution in [-0.2, 0) is 22.6 Å². The summed E-state index contributed by atoms with van der Waals surface area (Å²) in [5.41, 5.74) is 3.14. The Morgan fingerprint density at radius 2 is 2.20 bits per heavy atom. The van der Waals surface area contributed by atoms with E-state index in [1.165, 1.54) is 18.6 Å². The topological polar surface area (TPSA) is 49.8 Å². The van der Waals surface area contributed by atoms with Crippen molar-refractivity contribution in [3.63, 3.8) is 0 Å². The lowest BCUT2D eigenvalue weighted by Gasteiger charge is -2.18. The molecule has 1 fully saturated rings. The molecule has 0 bridgehead atoms. The molecular weight excluding hydrogens is 354 g/mol. The standard InChI is InChI=1S/C19H29NO3S2/c1-20(2)18-8-7-15(13-16(18)9-11-21)14-23-19(22)6-4-3-5-17-10-12-24-25-17/h7-8,13,17,21H,3-6,9-12,14H2,1-2H3. The average Bonchev–Trinajstić information content (AvgIpc) is 3.10. The zero-order valence-electron chi connectivity index (χ0n) is 15.2. The Bertz CT molecular complexity index is 545. The third kappa shape index (κ3) is 7.12. The van der Waals surface area contributed by atoms with Crippen molar-refractivity contribution in [3.05, 3.63) is 29.3 Å². The van der Waals surface area contributed by atoms with Crippen LogP contribution in [0.4, 0.5) is 5.69 Å². The minimum atomic E-state index is -0.117. The molecule has 4 nitrogen and oxygen atoms in total. The Hall–Kier alpha value is -0.850. The fourth-order valence-electron chi connectivity index (χ4n) is 2.93. The molecule has 1 atom stereocenters. The van der Waals surface area contributed by atoms with Gasteiger partial charge in [0.25, 0.3) is 0 Å². The number of benzene rings is 1. The summed E-state index contributed by atoms with van der Waals surface area (Å²) in [6, 6.07) is 6.03. The first kappa shape index (κ1) is 20.5. The van der Waals surface area contributed by atoms with Crippen LogP contribution in [0.15, 0.2) is 18.2 Å². The Labute approximate surface area is 159 Å². The van der Waals surface area contributed by atoms with Crippen LogP contribution < -0.4 is 4.90 Å². The molecule has 0 amide bonds. The largest absolute Gasteiger partial charge is 0.461 e. The van der Waals surface area contributed by atoms with Crippen LogP contribution in [0.3, 0.4) is 0 Å². The van der Waals surface area contributed by atoms with Gasteiger partial charge in [0.1, 0.15) is 6.61 Å². The second-order valence-electron chi connectivity index (χ2n) is 6.57. The first-order valence-corrected chi connectivity index (χ1v) is 11.3. The van der Waals surface area contributed by atoms with Crippen molar-refractivity contribution in [2.75, 3.05) is 31.4 Å². The Morgan fingerprint density at radius 1 is 1.36 bits per heavy atom. The van der Waals surface area contributed by atoms with Gasteiger partial charge in [0.15, 0.2) is 0 Å². The second-order valence-corrected chi connectivity index (χ2v) is 9.35. The highest BCUT2D eigenvalue weighted by atomic mass is 33.1. The van der Waals surface area contributed by atoms with Crippen LogP contribution in [0.25, 0.3) is 0 Å². The van der Waals surface area contributed by atoms with E-state index >= 15 is 0 Å². The molecule has 1 aromatic rings. The molecule has 25 heavy (non-hydrogen) atoms. The number of unbranched alkanes of at least 4 members (excludes halogenated alkanes) is 1. The molecule has 1 N–H and O–H groups in total. The molecule has 140 valence electrons. The van der Waals surface area contributed by atoms with Crippen molar-refractivity contribution in [1.82, 2.24) is 0 Å². The van der Waals surface area contributed by atoms with Gasteiger partial charge in [-0.2, -0.15) is 0 Å². The van der Waals surface area contributed by atoms with Crippen molar-refractivity contribution in [1.29, 1.82) is 0 Å². The normalized spacial score (nSPS) is 16.8. The monoisotopic (exact) mass is 383 g/mol. The van der Waals surface area contributed by atoms with Gasteiger partial charge in [-0.3, -0.25) is 4.79 Å². The first-order chi connectivity index (χ1) is 12.1. The van der Waals surface area contributed by atoms with Crippen molar-refractivity contribution in [2.24, 2.45) is 0 Å². The van der Waals surface area contributed by atoms with Crippen molar-refractivity contribution >= 4 is 33.2 Å². The van der Waals surface area contributed by atoms with Gasteiger partial charge < -0.3 is 14.7 Å². The zero-order valence-corrected chi connectivity index (χ0v) is 16.8. The summed E-state index contributed by atoms with van der Waals surface area (Å²) >= 11 is 0. The molecule has 1 saturated heterocycles. The molecule has 1 heterocycles. The first-order valence-electron chi connectivity index (χ1n) is 8.94. The highest BCUT2D eigenvalue weighted by molar-refractivity contribution is 8.77. The number of aliphatic hydroxyl groups excluding tert-OH is 1. The molecule has 1 aromatic carbocycles. The quantitative estimate of drug-likeness (QED) is 0.374. The minimum Gasteiger partial charge on any atom is -0.461 e. The summed E-state index contributed by atoms with van der Waals surface area (Å²) in [7, 11) is 7.93. The van der Waals surface area contributed by atoms with Gasteiger partial charge in [-0.1, -0.05) is 40.1 Å². The molecule has 0 aliphatic carbocycles. The van der Waals surface area contributed by atoms with Gasteiger partial charge in [0.05, 0.1) is 0 Å². The molecule has 0 spiro atoms. The van der Waals surface area contributed by atoms with Gasteiger partial charge in [0.2, 0.25) is 0 Å². The smallest absolute Gasteiger partial charge is 0.306 e. The van der Waals surface area contributed by atoms with Crippen molar-refractivity contribution < 1.29 is 14.6 Å². The number of carbonyl (C=O) groups is 1. The molecular formula is C19H29NO3S2. The van der Waals surface area contributed by atoms with Gasteiger partial charge >= 0.3 is 5.97 Å².